The first-order valence-corrected chi connectivity index (χ1v) is 2.74. The Bertz CT molecular complexity index is 199. The highest BCUT2D eigenvalue weighted by Crippen LogP contribution is 2.13. The predicted molar refractivity (Wildman–Crippen MR) is 36.5 cm³/mol. The summed E-state index contributed by atoms with van der Waals surface area (Å²) in [5.74, 6) is 0. The highest BCUT2D eigenvalue weighted by atomic mass is 15.0. The molecule has 0 saturated heterocycles. The first kappa shape index (κ1) is 5.86. The number of allylic oxidation sites excluding steroid dienone is 4. The minimum Gasteiger partial charge on any atom is -0.0859 e. The average molecular weight is 119 g/mol. The largest absolute Gasteiger partial charge is 0.531 e. The SMILES string of the molecule is C=C1CC=CC=C1[N+2]=[N-]. The van der Waals surface area contributed by atoms with Crippen LogP contribution in [0.15, 0.2) is 36.1 Å². The van der Waals surface area contributed by atoms with E-state index >= 15 is 0 Å². The molecule has 2 heteroatoms. The molecule has 9 heavy (non-hydrogen) atoms. The van der Waals surface area contributed by atoms with Gasteiger partial charge in [-0.05, 0) is 0 Å². The summed E-state index contributed by atoms with van der Waals surface area (Å²) < 4.78 is 0. The fourth-order valence-electron chi connectivity index (χ4n) is 0.696. The molecule has 0 spiro atoms. The summed E-state index contributed by atoms with van der Waals surface area (Å²) in [4.78, 5) is 0. The summed E-state index contributed by atoms with van der Waals surface area (Å²) in [5.41, 5.74) is 9.77. The van der Waals surface area contributed by atoms with Crippen LogP contribution >= 0.6 is 0 Å². The van der Waals surface area contributed by atoms with Crippen LogP contribution < -0.4 is 5.11 Å². The second-order valence-corrected chi connectivity index (χ2v) is 1.89. The number of hydrogen-bond donors (Lipinski definition) is 0. The van der Waals surface area contributed by atoms with Crippen LogP contribution in [-0.4, -0.2) is 0 Å². The molecule has 0 aromatic rings. The fraction of sp³-hybridized carbons (Fsp3) is 0.143. The van der Waals surface area contributed by atoms with Gasteiger partial charge in [0.15, 0.2) is 0 Å². The summed E-state index contributed by atoms with van der Waals surface area (Å²) >= 11 is 0. The van der Waals surface area contributed by atoms with E-state index < -0.39 is 0 Å². The maximum absolute atomic E-state index is 8.32. The van der Waals surface area contributed by atoms with Gasteiger partial charge in [-0.3, -0.25) is 0 Å². The molecule has 0 bridgehead atoms. The van der Waals surface area contributed by atoms with Crippen molar-refractivity contribution in [1.29, 1.82) is 0 Å². The van der Waals surface area contributed by atoms with Crippen LogP contribution in [0.2, 0.25) is 0 Å². The molecule has 0 saturated carbocycles. The van der Waals surface area contributed by atoms with E-state index in [4.69, 9.17) is 5.53 Å². The zero-order valence-corrected chi connectivity index (χ0v) is 5.04. The lowest BCUT2D eigenvalue weighted by Gasteiger charge is -1.88. The highest BCUT2D eigenvalue weighted by Gasteiger charge is 2.22. The Morgan fingerprint density at radius 2 is 2.44 bits per heavy atom. The van der Waals surface area contributed by atoms with E-state index in [0.29, 0.717) is 5.70 Å². The summed E-state index contributed by atoms with van der Waals surface area (Å²) in [6.45, 7) is 3.69. The van der Waals surface area contributed by atoms with Gasteiger partial charge >= 0.3 is 5.70 Å². The maximum Gasteiger partial charge on any atom is 0.531 e. The van der Waals surface area contributed by atoms with Crippen molar-refractivity contribution in [1.82, 2.24) is 5.11 Å². The molecule has 1 rings (SSSR count). The lowest BCUT2D eigenvalue weighted by Crippen LogP contribution is -1.93. The Balaban J connectivity index is 2.86. The van der Waals surface area contributed by atoms with Crippen molar-refractivity contribution in [2.75, 3.05) is 0 Å². The first-order valence-electron chi connectivity index (χ1n) is 2.74. The van der Waals surface area contributed by atoms with Gasteiger partial charge in [0.05, 0.1) is 11.6 Å². The maximum atomic E-state index is 8.32. The molecule has 0 aromatic carbocycles. The lowest BCUT2D eigenvalue weighted by molar-refractivity contribution is 1.09. The van der Waals surface area contributed by atoms with Crippen molar-refractivity contribution in [3.63, 3.8) is 0 Å². The van der Waals surface area contributed by atoms with Gasteiger partial charge in [0.25, 0.3) is 0 Å². The zero-order chi connectivity index (χ0) is 6.69. The summed E-state index contributed by atoms with van der Waals surface area (Å²) in [5, 5.41) is 3.04. The molecular weight excluding hydrogens is 112 g/mol. The van der Waals surface area contributed by atoms with E-state index in [1.165, 1.54) is 0 Å². The fourth-order valence-corrected chi connectivity index (χ4v) is 0.696. The Morgan fingerprint density at radius 1 is 1.67 bits per heavy atom. The first-order chi connectivity index (χ1) is 4.34. The van der Waals surface area contributed by atoms with Crippen molar-refractivity contribution in [3.05, 3.63) is 41.6 Å². The lowest BCUT2D eigenvalue weighted by atomic mass is 10.1. The zero-order valence-electron chi connectivity index (χ0n) is 5.04. The third kappa shape index (κ3) is 1.09. The molecule has 1 aliphatic carbocycles. The Morgan fingerprint density at radius 3 is 2.89 bits per heavy atom. The van der Waals surface area contributed by atoms with Crippen LogP contribution in [0.4, 0.5) is 0 Å². The second kappa shape index (κ2) is 2.33. The topological polar surface area (TPSA) is 36.4 Å². The van der Waals surface area contributed by atoms with Gasteiger partial charge in [-0.1, -0.05) is 24.3 Å². The molecule has 44 valence electrons. The van der Waals surface area contributed by atoms with Gasteiger partial charge in [0, 0.05) is 6.42 Å². The molecule has 0 fully saturated rings. The van der Waals surface area contributed by atoms with Crippen molar-refractivity contribution >= 4 is 0 Å². The molecule has 0 heterocycles. The van der Waals surface area contributed by atoms with Gasteiger partial charge in [-0.25, -0.2) is 0 Å². The Kier molecular flexibility index (Phi) is 1.52. The number of hydrogen-bond acceptors (Lipinski definition) is 1. The standard InChI is InChI=1S/C7H7N2/c1-6-4-2-3-5-7(6)9-8/h2-3,5H,1,4H2/q+1. The molecule has 1 aliphatic rings. The van der Waals surface area contributed by atoms with Crippen molar-refractivity contribution < 1.29 is 0 Å². The molecule has 0 N–H and O–H groups in total. The van der Waals surface area contributed by atoms with Crippen LogP contribution in [0.5, 0.6) is 0 Å². The monoisotopic (exact) mass is 119 g/mol. The summed E-state index contributed by atoms with van der Waals surface area (Å²) in [6.07, 6.45) is 6.34. The summed E-state index contributed by atoms with van der Waals surface area (Å²) in [7, 11) is 0. The number of nitrogens with zero attached hydrogens (tertiary/aromatic N) is 2. The van der Waals surface area contributed by atoms with E-state index in [9.17, 15) is 0 Å². The minimum absolute atomic E-state index is 0.581. The average Bonchev–Trinajstić information content (AvgIpc) is 1.89. The normalized spacial score (nSPS) is 16.9. The highest BCUT2D eigenvalue weighted by molar-refractivity contribution is 5.34. The van der Waals surface area contributed by atoms with Gasteiger partial charge < -0.3 is 0 Å². The number of rotatable bonds is 1. The van der Waals surface area contributed by atoms with E-state index in [-0.39, 0.29) is 0 Å². The van der Waals surface area contributed by atoms with E-state index in [1.54, 1.807) is 6.08 Å². The van der Waals surface area contributed by atoms with E-state index in [0.717, 1.165) is 12.0 Å². The Labute approximate surface area is 54.1 Å². The molecule has 0 unspecified atom stereocenters. The van der Waals surface area contributed by atoms with Crippen LogP contribution in [0.25, 0.3) is 5.53 Å². The third-order valence-electron chi connectivity index (χ3n) is 1.22. The van der Waals surface area contributed by atoms with Crippen LogP contribution in [0, 0.1) is 0 Å². The quantitative estimate of drug-likeness (QED) is 0.471. The molecule has 0 aromatic heterocycles. The van der Waals surface area contributed by atoms with E-state index in [2.05, 4.69) is 11.7 Å². The minimum atomic E-state index is 0.581. The molecule has 0 radical (unpaired) electrons. The van der Waals surface area contributed by atoms with Crippen molar-refractivity contribution in [2.45, 2.75) is 6.42 Å². The van der Waals surface area contributed by atoms with Gasteiger partial charge in [0.1, 0.15) is 0 Å². The van der Waals surface area contributed by atoms with Crippen molar-refractivity contribution in [2.24, 2.45) is 0 Å². The van der Waals surface area contributed by atoms with E-state index in [1.807, 2.05) is 12.2 Å². The van der Waals surface area contributed by atoms with Crippen LogP contribution in [0.1, 0.15) is 6.42 Å². The van der Waals surface area contributed by atoms with Gasteiger partial charge in [-0.15, -0.1) is 0 Å². The Hall–Kier alpha value is -1.27. The third-order valence-corrected chi connectivity index (χ3v) is 1.22. The van der Waals surface area contributed by atoms with Crippen LogP contribution in [-0.2, 0) is 0 Å². The smallest absolute Gasteiger partial charge is 0.0859 e. The predicted octanol–water partition coefficient (Wildman–Crippen LogP) is 1.74. The molecule has 0 aliphatic heterocycles. The molecular formula is C7H7N2+. The van der Waals surface area contributed by atoms with Gasteiger partial charge in [-0.2, -0.15) is 0 Å². The second-order valence-electron chi connectivity index (χ2n) is 1.89. The van der Waals surface area contributed by atoms with Gasteiger partial charge in [0.2, 0.25) is 5.11 Å². The van der Waals surface area contributed by atoms with Crippen molar-refractivity contribution in [3.8, 4) is 0 Å². The molecule has 0 atom stereocenters. The molecule has 2 nitrogen and oxygen atoms in total. The molecule has 0 amide bonds. The summed E-state index contributed by atoms with van der Waals surface area (Å²) in [6, 6.07) is 0. The van der Waals surface area contributed by atoms with Crippen LogP contribution in [0.3, 0.4) is 0 Å².